The second-order valence-electron chi connectivity index (χ2n) is 4.37. The number of aromatic amines is 1. The standard InChI is InChI=1S/C14H11F2N3O/c1-8-4-13(9-6-17-18-7-9)19-12-3-2-10(5-11(8)12)20-14(15)16/h2-7,14H,1H3,(H,17,18). The molecular formula is C14H11F2N3O. The van der Waals surface area contributed by atoms with Crippen LogP contribution in [-0.4, -0.2) is 21.8 Å². The van der Waals surface area contributed by atoms with Crippen LogP contribution < -0.4 is 4.74 Å². The van der Waals surface area contributed by atoms with Crippen LogP contribution in [0.5, 0.6) is 5.75 Å². The van der Waals surface area contributed by atoms with Crippen LogP contribution in [0.1, 0.15) is 5.56 Å². The molecule has 0 aliphatic heterocycles. The Hall–Kier alpha value is -2.50. The molecule has 2 heterocycles. The first-order valence-corrected chi connectivity index (χ1v) is 5.99. The molecule has 2 aromatic heterocycles. The topological polar surface area (TPSA) is 50.8 Å². The van der Waals surface area contributed by atoms with E-state index >= 15 is 0 Å². The highest BCUT2D eigenvalue weighted by Gasteiger charge is 2.09. The lowest BCUT2D eigenvalue weighted by Gasteiger charge is -2.08. The molecular weight excluding hydrogens is 264 g/mol. The Morgan fingerprint density at radius 1 is 1.25 bits per heavy atom. The van der Waals surface area contributed by atoms with E-state index in [0.29, 0.717) is 0 Å². The maximum absolute atomic E-state index is 12.2. The van der Waals surface area contributed by atoms with Crippen molar-refractivity contribution in [3.05, 3.63) is 42.2 Å². The van der Waals surface area contributed by atoms with Crippen molar-refractivity contribution in [2.45, 2.75) is 13.5 Å². The van der Waals surface area contributed by atoms with Gasteiger partial charge in [-0.1, -0.05) is 0 Å². The summed E-state index contributed by atoms with van der Waals surface area (Å²) in [6.45, 7) is -0.925. The van der Waals surface area contributed by atoms with Crippen molar-refractivity contribution < 1.29 is 13.5 Å². The number of hydrogen-bond donors (Lipinski definition) is 1. The molecule has 0 amide bonds. The van der Waals surface area contributed by atoms with Crippen LogP contribution in [0.2, 0.25) is 0 Å². The Morgan fingerprint density at radius 2 is 2.10 bits per heavy atom. The number of benzene rings is 1. The van der Waals surface area contributed by atoms with Gasteiger partial charge in [-0.15, -0.1) is 0 Å². The fourth-order valence-corrected chi connectivity index (χ4v) is 2.09. The Morgan fingerprint density at radius 3 is 2.80 bits per heavy atom. The third-order valence-corrected chi connectivity index (χ3v) is 3.01. The van der Waals surface area contributed by atoms with E-state index in [2.05, 4.69) is 19.9 Å². The lowest BCUT2D eigenvalue weighted by molar-refractivity contribution is -0.0497. The van der Waals surface area contributed by atoms with Gasteiger partial charge in [-0.2, -0.15) is 13.9 Å². The highest BCUT2D eigenvalue weighted by molar-refractivity contribution is 5.86. The molecule has 0 radical (unpaired) electrons. The summed E-state index contributed by atoms with van der Waals surface area (Å²) >= 11 is 0. The van der Waals surface area contributed by atoms with Gasteiger partial charge in [0.1, 0.15) is 5.75 Å². The molecule has 1 N–H and O–H groups in total. The number of aromatic nitrogens is 3. The molecule has 102 valence electrons. The van der Waals surface area contributed by atoms with Gasteiger partial charge in [0.25, 0.3) is 0 Å². The summed E-state index contributed by atoms with van der Waals surface area (Å²) < 4.78 is 28.8. The predicted molar refractivity (Wildman–Crippen MR) is 70.7 cm³/mol. The average Bonchev–Trinajstić information content (AvgIpc) is 2.92. The van der Waals surface area contributed by atoms with E-state index < -0.39 is 6.61 Å². The summed E-state index contributed by atoms with van der Waals surface area (Å²) in [5, 5.41) is 7.41. The molecule has 0 atom stereocenters. The number of H-pyrrole nitrogens is 1. The van der Waals surface area contributed by atoms with Crippen LogP contribution in [0, 0.1) is 6.92 Å². The first kappa shape index (κ1) is 12.5. The zero-order valence-electron chi connectivity index (χ0n) is 10.6. The smallest absolute Gasteiger partial charge is 0.387 e. The highest BCUT2D eigenvalue weighted by Crippen LogP contribution is 2.27. The molecule has 20 heavy (non-hydrogen) atoms. The summed E-state index contributed by atoms with van der Waals surface area (Å²) in [5.74, 6) is 0.133. The summed E-state index contributed by atoms with van der Waals surface area (Å²) in [5.41, 5.74) is 3.32. The summed E-state index contributed by atoms with van der Waals surface area (Å²) in [6, 6.07) is 6.62. The summed E-state index contributed by atoms with van der Waals surface area (Å²) in [6.07, 6.45) is 3.43. The molecule has 0 aliphatic carbocycles. The van der Waals surface area contributed by atoms with Gasteiger partial charge in [0.2, 0.25) is 0 Å². The number of fused-ring (bicyclic) bond motifs is 1. The third kappa shape index (κ3) is 2.32. The fourth-order valence-electron chi connectivity index (χ4n) is 2.09. The summed E-state index contributed by atoms with van der Waals surface area (Å²) in [4.78, 5) is 4.50. The van der Waals surface area contributed by atoms with Crippen LogP contribution in [0.25, 0.3) is 22.2 Å². The van der Waals surface area contributed by atoms with E-state index in [1.807, 2.05) is 13.0 Å². The lowest BCUT2D eigenvalue weighted by Crippen LogP contribution is -2.01. The van der Waals surface area contributed by atoms with Crippen molar-refractivity contribution in [1.29, 1.82) is 0 Å². The largest absolute Gasteiger partial charge is 0.435 e. The number of hydrogen-bond acceptors (Lipinski definition) is 3. The second kappa shape index (κ2) is 4.88. The normalized spacial score (nSPS) is 11.2. The number of nitrogens with zero attached hydrogens (tertiary/aromatic N) is 2. The maximum atomic E-state index is 12.2. The third-order valence-electron chi connectivity index (χ3n) is 3.01. The highest BCUT2D eigenvalue weighted by atomic mass is 19.3. The first-order valence-electron chi connectivity index (χ1n) is 5.99. The van der Waals surface area contributed by atoms with E-state index in [4.69, 9.17) is 0 Å². The predicted octanol–water partition coefficient (Wildman–Crippen LogP) is 3.53. The quantitative estimate of drug-likeness (QED) is 0.795. The van der Waals surface area contributed by atoms with E-state index in [-0.39, 0.29) is 5.75 Å². The molecule has 0 spiro atoms. The van der Waals surface area contributed by atoms with Crippen molar-refractivity contribution >= 4 is 10.9 Å². The number of ether oxygens (including phenoxy) is 1. The van der Waals surface area contributed by atoms with Crippen molar-refractivity contribution in [3.63, 3.8) is 0 Å². The van der Waals surface area contributed by atoms with Crippen molar-refractivity contribution in [2.75, 3.05) is 0 Å². The molecule has 6 heteroatoms. The molecule has 0 fully saturated rings. The number of nitrogens with one attached hydrogen (secondary N) is 1. The molecule has 0 saturated heterocycles. The number of aryl methyl sites for hydroxylation is 1. The monoisotopic (exact) mass is 275 g/mol. The Bertz CT molecular complexity index is 742. The number of rotatable bonds is 3. The van der Waals surface area contributed by atoms with Gasteiger partial charge in [0, 0.05) is 17.1 Å². The van der Waals surface area contributed by atoms with Crippen LogP contribution in [0.15, 0.2) is 36.7 Å². The van der Waals surface area contributed by atoms with Gasteiger partial charge in [-0.3, -0.25) is 5.10 Å². The Kier molecular flexibility index (Phi) is 3.06. The fraction of sp³-hybridized carbons (Fsp3) is 0.143. The molecule has 3 aromatic rings. The van der Waals surface area contributed by atoms with Gasteiger partial charge >= 0.3 is 6.61 Å². The second-order valence-corrected chi connectivity index (χ2v) is 4.37. The van der Waals surface area contributed by atoms with Gasteiger partial charge < -0.3 is 4.74 Å². The van der Waals surface area contributed by atoms with Crippen molar-refractivity contribution in [3.8, 4) is 17.0 Å². The molecule has 1 aromatic carbocycles. The molecule has 0 bridgehead atoms. The molecule has 4 nitrogen and oxygen atoms in total. The Labute approximate surface area is 113 Å². The van der Waals surface area contributed by atoms with E-state index in [9.17, 15) is 8.78 Å². The van der Waals surface area contributed by atoms with Crippen LogP contribution in [0.3, 0.4) is 0 Å². The minimum absolute atomic E-state index is 0.133. The van der Waals surface area contributed by atoms with Gasteiger partial charge in [0.05, 0.1) is 17.4 Å². The molecule has 3 rings (SSSR count). The van der Waals surface area contributed by atoms with Crippen molar-refractivity contribution in [1.82, 2.24) is 15.2 Å². The average molecular weight is 275 g/mol. The van der Waals surface area contributed by atoms with E-state index in [0.717, 1.165) is 27.7 Å². The number of halogens is 2. The van der Waals surface area contributed by atoms with Crippen molar-refractivity contribution in [2.24, 2.45) is 0 Å². The summed E-state index contributed by atoms with van der Waals surface area (Å²) in [7, 11) is 0. The van der Waals surface area contributed by atoms with Gasteiger partial charge in [-0.25, -0.2) is 4.98 Å². The number of alkyl halides is 2. The number of pyridine rings is 1. The maximum Gasteiger partial charge on any atom is 0.387 e. The van der Waals surface area contributed by atoms with E-state index in [1.54, 1.807) is 24.5 Å². The van der Waals surface area contributed by atoms with Crippen LogP contribution >= 0.6 is 0 Å². The van der Waals surface area contributed by atoms with Gasteiger partial charge in [0.15, 0.2) is 0 Å². The van der Waals surface area contributed by atoms with Crippen LogP contribution in [0.4, 0.5) is 8.78 Å². The van der Waals surface area contributed by atoms with Crippen LogP contribution in [-0.2, 0) is 0 Å². The zero-order chi connectivity index (χ0) is 14.1. The first-order chi connectivity index (χ1) is 9.63. The molecule has 0 saturated carbocycles. The minimum Gasteiger partial charge on any atom is -0.435 e. The van der Waals surface area contributed by atoms with E-state index in [1.165, 1.54) is 6.07 Å². The van der Waals surface area contributed by atoms with Gasteiger partial charge in [-0.05, 0) is 36.8 Å². The minimum atomic E-state index is -2.83. The molecule has 0 unspecified atom stereocenters. The Balaban J connectivity index is 2.10. The lowest BCUT2D eigenvalue weighted by atomic mass is 10.1. The zero-order valence-corrected chi connectivity index (χ0v) is 10.6. The molecule has 0 aliphatic rings. The SMILES string of the molecule is Cc1cc(-c2cn[nH]c2)nc2ccc(OC(F)F)cc12.